The molecule has 0 radical (unpaired) electrons. The van der Waals surface area contributed by atoms with Crippen LogP contribution < -0.4 is 0 Å². The van der Waals surface area contributed by atoms with Crippen LogP contribution in [-0.4, -0.2) is 5.88 Å². The van der Waals surface area contributed by atoms with Crippen molar-refractivity contribution in [2.75, 3.05) is 5.88 Å². The van der Waals surface area contributed by atoms with Crippen LogP contribution in [-0.2, 0) is 12.8 Å². The molecule has 0 aliphatic carbocycles. The van der Waals surface area contributed by atoms with Gasteiger partial charge in [0.2, 0.25) is 0 Å². The van der Waals surface area contributed by atoms with Crippen molar-refractivity contribution in [1.82, 2.24) is 0 Å². The van der Waals surface area contributed by atoms with Gasteiger partial charge in [-0.15, -0.1) is 11.6 Å². The van der Waals surface area contributed by atoms with Crippen LogP contribution in [0.3, 0.4) is 0 Å². The summed E-state index contributed by atoms with van der Waals surface area (Å²) in [4.78, 5) is 0. The molecule has 0 spiro atoms. The van der Waals surface area contributed by atoms with E-state index in [-0.39, 0.29) is 0 Å². The predicted molar refractivity (Wildman–Crippen MR) is 89.3 cm³/mol. The Morgan fingerprint density at radius 1 is 1.00 bits per heavy atom. The average Bonchev–Trinajstić information content (AvgIpc) is 2.41. The van der Waals surface area contributed by atoms with Crippen LogP contribution in [0.15, 0.2) is 42.5 Å². The summed E-state index contributed by atoms with van der Waals surface area (Å²) in [5, 5.41) is 1.39. The van der Waals surface area contributed by atoms with Gasteiger partial charge in [0.25, 0.3) is 0 Å². The number of aryl methyl sites for hydroxylation is 1. The zero-order chi connectivity index (χ0) is 14.5. The van der Waals surface area contributed by atoms with Crippen LogP contribution in [0.25, 0.3) is 0 Å². The van der Waals surface area contributed by atoms with Gasteiger partial charge in [-0.1, -0.05) is 59.1 Å². The lowest BCUT2D eigenvalue weighted by Crippen LogP contribution is -2.10. The zero-order valence-electron chi connectivity index (χ0n) is 11.4. The summed E-state index contributed by atoms with van der Waals surface area (Å²) in [7, 11) is 0. The summed E-state index contributed by atoms with van der Waals surface area (Å²) in [6, 6.07) is 14.2. The molecule has 0 saturated carbocycles. The lowest BCUT2D eigenvalue weighted by molar-refractivity contribution is 0.584. The van der Waals surface area contributed by atoms with Gasteiger partial charge >= 0.3 is 0 Å². The van der Waals surface area contributed by atoms with Gasteiger partial charge in [-0.25, -0.2) is 0 Å². The van der Waals surface area contributed by atoms with E-state index in [4.69, 9.17) is 34.8 Å². The van der Waals surface area contributed by atoms with E-state index in [0.29, 0.717) is 16.8 Å². The van der Waals surface area contributed by atoms with Crippen molar-refractivity contribution in [3.05, 3.63) is 69.2 Å². The molecule has 3 heteroatoms. The molecule has 0 bridgehead atoms. The van der Waals surface area contributed by atoms with E-state index in [9.17, 15) is 0 Å². The topological polar surface area (TPSA) is 0 Å². The molecule has 0 amide bonds. The van der Waals surface area contributed by atoms with Crippen LogP contribution in [0.4, 0.5) is 0 Å². The van der Waals surface area contributed by atoms with Gasteiger partial charge in [-0.3, -0.25) is 0 Å². The third-order valence-corrected chi connectivity index (χ3v) is 4.37. The smallest absolute Gasteiger partial charge is 0.0452 e. The molecule has 2 rings (SSSR count). The van der Waals surface area contributed by atoms with Crippen LogP contribution in [0.2, 0.25) is 10.0 Å². The molecule has 0 heterocycles. The summed E-state index contributed by atoms with van der Waals surface area (Å²) >= 11 is 18.3. The van der Waals surface area contributed by atoms with Crippen molar-refractivity contribution >= 4 is 34.8 Å². The van der Waals surface area contributed by atoms with Crippen molar-refractivity contribution in [2.45, 2.75) is 19.8 Å². The van der Waals surface area contributed by atoms with E-state index in [1.807, 2.05) is 12.1 Å². The van der Waals surface area contributed by atoms with Crippen LogP contribution in [0.1, 0.15) is 16.7 Å². The fourth-order valence-corrected chi connectivity index (χ4v) is 3.06. The Bertz CT molecular complexity index is 578. The molecule has 0 nitrogen and oxygen atoms in total. The molecule has 20 heavy (non-hydrogen) atoms. The first-order valence-electron chi connectivity index (χ1n) is 6.64. The van der Waals surface area contributed by atoms with Crippen molar-refractivity contribution in [1.29, 1.82) is 0 Å². The van der Waals surface area contributed by atoms with Crippen molar-refractivity contribution in [2.24, 2.45) is 5.92 Å². The SMILES string of the molecule is Cc1cccc(CC(CCl)Cc2ccc(Cl)cc2Cl)c1. The molecule has 2 aromatic carbocycles. The number of alkyl halides is 1. The van der Waals surface area contributed by atoms with Gasteiger partial charge in [-0.2, -0.15) is 0 Å². The second kappa shape index (κ2) is 7.36. The molecule has 0 aromatic heterocycles. The Kier molecular flexibility index (Phi) is 5.77. The molecule has 0 fully saturated rings. The molecular formula is C17H17Cl3. The van der Waals surface area contributed by atoms with Crippen LogP contribution >= 0.6 is 34.8 Å². The molecule has 1 unspecified atom stereocenters. The maximum absolute atomic E-state index is 6.23. The van der Waals surface area contributed by atoms with Gasteiger partial charge in [0.1, 0.15) is 0 Å². The van der Waals surface area contributed by atoms with Crippen molar-refractivity contribution in [3.63, 3.8) is 0 Å². The van der Waals surface area contributed by atoms with E-state index in [1.165, 1.54) is 11.1 Å². The van der Waals surface area contributed by atoms with Crippen LogP contribution in [0, 0.1) is 12.8 Å². The quantitative estimate of drug-likeness (QED) is 0.596. The summed E-state index contributed by atoms with van der Waals surface area (Å²) in [5.74, 6) is 0.990. The molecule has 2 aromatic rings. The fourth-order valence-electron chi connectivity index (χ4n) is 2.35. The van der Waals surface area contributed by atoms with Gasteiger partial charge in [0, 0.05) is 15.9 Å². The third-order valence-electron chi connectivity index (χ3n) is 3.35. The summed E-state index contributed by atoms with van der Waals surface area (Å²) < 4.78 is 0. The summed E-state index contributed by atoms with van der Waals surface area (Å²) in [6.45, 7) is 2.11. The predicted octanol–water partition coefficient (Wildman–Crippen LogP) is 5.94. The number of rotatable bonds is 5. The molecule has 0 aliphatic rings. The lowest BCUT2D eigenvalue weighted by atomic mass is 9.93. The molecule has 1 atom stereocenters. The zero-order valence-corrected chi connectivity index (χ0v) is 13.6. The maximum atomic E-state index is 6.23. The lowest BCUT2D eigenvalue weighted by Gasteiger charge is -2.15. The standard InChI is InChI=1S/C17H17Cl3/c1-12-3-2-4-13(7-12)8-14(11-18)9-15-5-6-16(19)10-17(15)20/h2-7,10,14H,8-9,11H2,1H3. The first-order chi connectivity index (χ1) is 9.58. The first-order valence-corrected chi connectivity index (χ1v) is 7.93. The van der Waals surface area contributed by atoms with Crippen molar-refractivity contribution in [3.8, 4) is 0 Å². The van der Waals surface area contributed by atoms with Crippen molar-refractivity contribution < 1.29 is 0 Å². The van der Waals surface area contributed by atoms with E-state index in [0.717, 1.165) is 23.4 Å². The Labute approximate surface area is 135 Å². The van der Waals surface area contributed by atoms with E-state index in [2.05, 4.69) is 31.2 Å². The minimum absolute atomic E-state index is 0.372. The minimum atomic E-state index is 0.372. The Morgan fingerprint density at radius 2 is 1.80 bits per heavy atom. The highest BCUT2D eigenvalue weighted by atomic mass is 35.5. The number of halogens is 3. The maximum Gasteiger partial charge on any atom is 0.0452 e. The first kappa shape index (κ1) is 15.7. The highest BCUT2D eigenvalue weighted by molar-refractivity contribution is 6.35. The van der Waals surface area contributed by atoms with Gasteiger partial charge in [-0.05, 0) is 48.9 Å². The molecule has 106 valence electrons. The number of hydrogen-bond donors (Lipinski definition) is 0. The molecule has 0 saturated heterocycles. The second-order valence-corrected chi connectivity index (χ2v) is 6.31. The average molecular weight is 328 g/mol. The van der Waals surface area contributed by atoms with E-state index in [1.54, 1.807) is 6.07 Å². The van der Waals surface area contributed by atoms with Gasteiger partial charge in [0.15, 0.2) is 0 Å². The largest absolute Gasteiger partial charge is 0.126 e. The number of hydrogen-bond acceptors (Lipinski definition) is 0. The van der Waals surface area contributed by atoms with Gasteiger partial charge in [0.05, 0.1) is 0 Å². The summed E-state index contributed by atoms with van der Waals surface area (Å²) in [5.41, 5.74) is 3.70. The normalized spacial score (nSPS) is 12.4. The summed E-state index contributed by atoms with van der Waals surface area (Å²) in [6.07, 6.45) is 1.83. The molecule has 0 N–H and O–H groups in total. The minimum Gasteiger partial charge on any atom is -0.126 e. The highest BCUT2D eigenvalue weighted by Gasteiger charge is 2.12. The highest BCUT2D eigenvalue weighted by Crippen LogP contribution is 2.25. The fraction of sp³-hybridized carbons (Fsp3) is 0.294. The molecular weight excluding hydrogens is 311 g/mol. The van der Waals surface area contributed by atoms with Crippen LogP contribution in [0.5, 0.6) is 0 Å². The molecule has 0 aliphatic heterocycles. The second-order valence-electron chi connectivity index (χ2n) is 5.15. The third kappa shape index (κ3) is 4.41. The van der Waals surface area contributed by atoms with E-state index < -0.39 is 0 Å². The monoisotopic (exact) mass is 326 g/mol. The number of benzene rings is 2. The van der Waals surface area contributed by atoms with E-state index >= 15 is 0 Å². The Morgan fingerprint density at radius 3 is 2.45 bits per heavy atom. The Hall–Kier alpha value is -0.690. The Balaban J connectivity index is 2.09. The van der Waals surface area contributed by atoms with Gasteiger partial charge < -0.3 is 0 Å².